The largest absolute Gasteiger partial charge is 0.370 e. The van der Waals surface area contributed by atoms with Gasteiger partial charge in [-0.25, -0.2) is 0 Å². The van der Waals surface area contributed by atoms with Gasteiger partial charge in [0.05, 0.1) is 25.3 Å². The van der Waals surface area contributed by atoms with Crippen LogP contribution in [0.2, 0.25) is 0 Å². The molecule has 0 aromatic heterocycles. The fourth-order valence-corrected chi connectivity index (χ4v) is 2.26. The number of carbonyl (C=O) groups is 1. The first-order chi connectivity index (χ1) is 8.03. The van der Waals surface area contributed by atoms with Crippen LogP contribution in [-0.2, 0) is 9.53 Å². The van der Waals surface area contributed by atoms with Crippen molar-refractivity contribution >= 4 is 5.91 Å². The molecule has 1 unspecified atom stereocenters. The molecule has 17 heavy (non-hydrogen) atoms. The highest BCUT2D eigenvalue weighted by Crippen LogP contribution is 2.22. The summed E-state index contributed by atoms with van der Waals surface area (Å²) in [6.45, 7) is 4.94. The van der Waals surface area contributed by atoms with Crippen molar-refractivity contribution in [3.8, 4) is 0 Å². The molecule has 0 radical (unpaired) electrons. The van der Waals surface area contributed by atoms with E-state index in [0.717, 1.165) is 12.8 Å². The maximum atomic E-state index is 12.0. The Labute approximate surface area is 104 Å². The van der Waals surface area contributed by atoms with Crippen molar-refractivity contribution in [1.29, 1.82) is 0 Å². The van der Waals surface area contributed by atoms with Crippen LogP contribution in [0.25, 0.3) is 0 Å². The van der Waals surface area contributed by atoms with Crippen molar-refractivity contribution in [1.82, 2.24) is 9.80 Å². The van der Waals surface area contributed by atoms with Gasteiger partial charge < -0.3 is 20.3 Å². The second-order valence-electron chi connectivity index (χ2n) is 5.04. The number of rotatable bonds is 5. The van der Waals surface area contributed by atoms with Gasteiger partial charge in [0, 0.05) is 13.1 Å². The Morgan fingerprint density at radius 3 is 2.76 bits per heavy atom. The molecule has 0 spiro atoms. The molecule has 2 N–H and O–H groups in total. The van der Waals surface area contributed by atoms with Crippen LogP contribution in [0, 0.1) is 0 Å². The standard InChI is InChI=1S/C12H25N3O2/c1-4-5-12(9-13)10-15(6-7-17-12)11(16)8-14(2)3/h4-10,13H2,1-3H3. The van der Waals surface area contributed by atoms with Gasteiger partial charge in [0.1, 0.15) is 0 Å². The minimum Gasteiger partial charge on any atom is -0.370 e. The Balaban J connectivity index is 2.61. The molecule has 0 aliphatic carbocycles. The first kappa shape index (κ1) is 14.4. The highest BCUT2D eigenvalue weighted by molar-refractivity contribution is 5.78. The molecule has 1 atom stereocenters. The summed E-state index contributed by atoms with van der Waals surface area (Å²) in [6, 6.07) is 0. The first-order valence-corrected chi connectivity index (χ1v) is 6.29. The second-order valence-corrected chi connectivity index (χ2v) is 5.04. The number of carbonyl (C=O) groups excluding carboxylic acids is 1. The summed E-state index contributed by atoms with van der Waals surface area (Å²) in [5, 5.41) is 0. The quantitative estimate of drug-likeness (QED) is 0.733. The van der Waals surface area contributed by atoms with Gasteiger partial charge in [-0.1, -0.05) is 13.3 Å². The van der Waals surface area contributed by atoms with Crippen molar-refractivity contribution in [2.45, 2.75) is 25.4 Å². The van der Waals surface area contributed by atoms with Crippen molar-refractivity contribution < 1.29 is 9.53 Å². The van der Waals surface area contributed by atoms with E-state index in [0.29, 0.717) is 32.8 Å². The number of hydrogen-bond donors (Lipinski definition) is 1. The van der Waals surface area contributed by atoms with Gasteiger partial charge in [0.15, 0.2) is 0 Å². The Hall–Kier alpha value is -0.650. The van der Waals surface area contributed by atoms with Crippen LogP contribution in [0.15, 0.2) is 0 Å². The molecule has 1 rings (SSSR count). The molecule has 1 heterocycles. The Morgan fingerprint density at radius 1 is 1.53 bits per heavy atom. The number of morpholine rings is 1. The van der Waals surface area contributed by atoms with Crippen LogP contribution >= 0.6 is 0 Å². The highest BCUT2D eigenvalue weighted by Gasteiger charge is 2.36. The molecule has 1 aliphatic heterocycles. The van der Waals surface area contributed by atoms with Crippen LogP contribution in [0.4, 0.5) is 0 Å². The van der Waals surface area contributed by atoms with E-state index in [9.17, 15) is 4.79 Å². The van der Waals surface area contributed by atoms with E-state index in [-0.39, 0.29) is 11.5 Å². The second kappa shape index (κ2) is 6.33. The van der Waals surface area contributed by atoms with Crippen LogP contribution in [0.1, 0.15) is 19.8 Å². The Bertz CT molecular complexity index is 254. The molecule has 1 amide bonds. The number of ether oxygens (including phenoxy) is 1. The molecular formula is C12H25N3O2. The number of nitrogens with zero attached hydrogens (tertiary/aromatic N) is 2. The predicted molar refractivity (Wildman–Crippen MR) is 67.8 cm³/mol. The van der Waals surface area contributed by atoms with Crippen molar-refractivity contribution in [2.75, 3.05) is 46.9 Å². The molecule has 1 saturated heterocycles. The molecule has 100 valence electrons. The van der Waals surface area contributed by atoms with Crippen LogP contribution in [0.5, 0.6) is 0 Å². The van der Waals surface area contributed by atoms with Crippen molar-refractivity contribution in [2.24, 2.45) is 5.73 Å². The van der Waals surface area contributed by atoms with Crippen molar-refractivity contribution in [3.05, 3.63) is 0 Å². The summed E-state index contributed by atoms with van der Waals surface area (Å²) in [7, 11) is 3.81. The normalized spacial score (nSPS) is 25.4. The third-order valence-electron chi connectivity index (χ3n) is 3.13. The van der Waals surface area contributed by atoms with Gasteiger partial charge in [-0.3, -0.25) is 4.79 Å². The molecule has 0 saturated carbocycles. The zero-order valence-corrected chi connectivity index (χ0v) is 11.2. The summed E-state index contributed by atoms with van der Waals surface area (Å²) < 4.78 is 5.81. The maximum Gasteiger partial charge on any atom is 0.236 e. The summed E-state index contributed by atoms with van der Waals surface area (Å²) in [6.07, 6.45) is 1.93. The first-order valence-electron chi connectivity index (χ1n) is 6.29. The molecule has 5 nitrogen and oxygen atoms in total. The average molecular weight is 243 g/mol. The summed E-state index contributed by atoms with van der Waals surface area (Å²) in [4.78, 5) is 15.8. The number of amides is 1. The highest BCUT2D eigenvalue weighted by atomic mass is 16.5. The fourth-order valence-electron chi connectivity index (χ4n) is 2.26. The van der Waals surface area contributed by atoms with Gasteiger partial charge in [0.25, 0.3) is 0 Å². The third-order valence-corrected chi connectivity index (χ3v) is 3.13. The summed E-state index contributed by atoms with van der Waals surface area (Å²) in [5.41, 5.74) is 5.49. The maximum absolute atomic E-state index is 12.0. The van der Waals surface area contributed by atoms with E-state index in [1.54, 1.807) is 0 Å². The minimum absolute atomic E-state index is 0.159. The third kappa shape index (κ3) is 3.94. The molecule has 1 aliphatic rings. The number of hydrogen-bond acceptors (Lipinski definition) is 4. The monoisotopic (exact) mass is 243 g/mol. The van der Waals surface area contributed by atoms with E-state index >= 15 is 0 Å². The van der Waals surface area contributed by atoms with Gasteiger partial charge in [-0.05, 0) is 20.5 Å². The molecule has 0 aromatic rings. The van der Waals surface area contributed by atoms with Crippen molar-refractivity contribution in [3.63, 3.8) is 0 Å². The number of likely N-dealkylation sites (N-methyl/N-ethyl adjacent to an activating group) is 1. The topological polar surface area (TPSA) is 58.8 Å². The lowest BCUT2D eigenvalue weighted by atomic mass is 9.95. The summed E-state index contributed by atoms with van der Waals surface area (Å²) >= 11 is 0. The lowest BCUT2D eigenvalue weighted by Gasteiger charge is -2.42. The lowest BCUT2D eigenvalue weighted by Crippen LogP contribution is -2.58. The Morgan fingerprint density at radius 2 is 2.24 bits per heavy atom. The molecule has 0 bridgehead atoms. The predicted octanol–water partition coefficient (Wildman–Crippen LogP) is -0.0956. The molecular weight excluding hydrogens is 218 g/mol. The lowest BCUT2D eigenvalue weighted by molar-refractivity contribution is -0.150. The van der Waals surface area contributed by atoms with E-state index in [1.165, 1.54) is 0 Å². The Kier molecular flexibility index (Phi) is 5.36. The fraction of sp³-hybridized carbons (Fsp3) is 0.917. The molecule has 0 aromatic carbocycles. The van der Waals surface area contributed by atoms with Gasteiger partial charge in [-0.2, -0.15) is 0 Å². The van der Waals surface area contributed by atoms with Crippen LogP contribution in [-0.4, -0.2) is 68.2 Å². The molecule has 5 heteroatoms. The van der Waals surface area contributed by atoms with E-state index in [2.05, 4.69) is 6.92 Å². The van der Waals surface area contributed by atoms with Crippen LogP contribution < -0.4 is 5.73 Å². The van der Waals surface area contributed by atoms with Gasteiger partial charge in [-0.15, -0.1) is 0 Å². The minimum atomic E-state index is -0.324. The van der Waals surface area contributed by atoms with Gasteiger partial charge >= 0.3 is 0 Å². The number of nitrogens with two attached hydrogens (primary N) is 1. The smallest absolute Gasteiger partial charge is 0.236 e. The van der Waals surface area contributed by atoms with Crippen LogP contribution in [0.3, 0.4) is 0 Å². The summed E-state index contributed by atoms with van der Waals surface area (Å²) in [5.74, 6) is 0.159. The van der Waals surface area contributed by atoms with Gasteiger partial charge in [0.2, 0.25) is 5.91 Å². The SMILES string of the molecule is CCCC1(CN)CN(C(=O)CN(C)C)CCO1. The molecule has 1 fully saturated rings. The van der Waals surface area contributed by atoms with E-state index in [4.69, 9.17) is 10.5 Å². The zero-order chi connectivity index (χ0) is 12.9. The van der Waals surface area contributed by atoms with E-state index < -0.39 is 0 Å². The van der Waals surface area contributed by atoms with E-state index in [1.807, 2.05) is 23.9 Å². The zero-order valence-electron chi connectivity index (χ0n) is 11.2. The average Bonchev–Trinajstić information content (AvgIpc) is 2.29.